The number of ether oxygens (including phenoxy) is 1. The van der Waals surface area contributed by atoms with Gasteiger partial charge in [0, 0.05) is 10.9 Å². The van der Waals surface area contributed by atoms with Crippen molar-refractivity contribution >= 4 is 16.7 Å². The first kappa shape index (κ1) is 19.7. The second kappa shape index (κ2) is 8.44. The second-order valence-electron chi connectivity index (χ2n) is 8.28. The summed E-state index contributed by atoms with van der Waals surface area (Å²) in [7, 11) is 0. The van der Waals surface area contributed by atoms with Crippen LogP contribution in [0.1, 0.15) is 25.3 Å². The van der Waals surface area contributed by atoms with Crippen molar-refractivity contribution in [1.82, 2.24) is 4.98 Å². The number of pyridine rings is 1. The van der Waals surface area contributed by atoms with E-state index < -0.39 is 0 Å². The summed E-state index contributed by atoms with van der Waals surface area (Å²) in [6.45, 7) is 2.20. The van der Waals surface area contributed by atoms with Gasteiger partial charge in [-0.2, -0.15) is 0 Å². The Morgan fingerprint density at radius 1 is 1.10 bits per heavy atom. The molecule has 2 aliphatic carbocycles. The third-order valence-corrected chi connectivity index (χ3v) is 5.98. The molecule has 1 unspecified atom stereocenters. The first-order chi connectivity index (χ1) is 15.2. The zero-order valence-corrected chi connectivity index (χ0v) is 17.6. The van der Waals surface area contributed by atoms with Crippen molar-refractivity contribution in [1.29, 1.82) is 0 Å². The number of hydrogen-bond acceptors (Lipinski definition) is 3. The lowest BCUT2D eigenvalue weighted by Crippen LogP contribution is -2.12. The molecule has 0 saturated heterocycles. The van der Waals surface area contributed by atoms with Gasteiger partial charge in [-0.15, -0.1) is 0 Å². The number of nitrogens with zero attached hydrogens (tertiary/aromatic N) is 1. The minimum absolute atomic E-state index is 0.0626. The topological polar surface area (TPSA) is 39.2 Å². The molecule has 0 radical (unpaired) electrons. The molecule has 0 bridgehead atoms. The van der Waals surface area contributed by atoms with Crippen molar-refractivity contribution in [3.05, 3.63) is 102 Å². The molecule has 5 rings (SSSR count). The van der Waals surface area contributed by atoms with Gasteiger partial charge in [-0.05, 0) is 43.0 Å². The Hall–Kier alpha value is -3.30. The normalized spacial score (nSPS) is 19.8. The first-order valence-corrected chi connectivity index (χ1v) is 10.8. The summed E-state index contributed by atoms with van der Waals surface area (Å²) in [5.74, 6) is 0.332. The fourth-order valence-electron chi connectivity index (χ4n) is 4.17. The van der Waals surface area contributed by atoms with E-state index >= 15 is 0 Å². The van der Waals surface area contributed by atoms with E-state index in [0.717, 1.165) is 40.6 Å². The molecule has 154 valence electrons. The van der Waals surface area contributed by atoms with Gasteiger partial charge in [0.15, 0.2) is 0 Å². The van der Waals surface area contributed by atoms with Crippen molar-refractivity contribution in [3.63, 3.8) is 0 Å². The average Bonchev–Trinajstić information content (AvgIpc) is 3.58. The van der Waals surface area contributed by atoms with Crippen LogP contribution in [0.2, 0.25) is 0 Å². The van der Waals surface area contributed by atoms with Gasteiger partial charge in [0.2, 0.25) is 0 Å². The molecule has 0 aliphatic heterocycles. The molecule has 1 aromatic heterocycles. The predicted octanol–water partition coefficient (Wildman–Crippen LogP) is 6.21. The summed E-state index contributed by atoms with van der Waals surface area (Å²) in [4.78, 5) is 16.3. The molecule has 0 amide bonds. The smallest absolute Gasteiger partial charge is 0.140 e. The molecular weight excluding hydrogens is 382 g/mol. The van der Waals surface area contributed by atoms with Crippen LogP contribution in [0.3, 0.4) is 0 Å². The largest absolute Gasteiger partial charge is 0.369 e. The highest BCUT2D eigenvalue weighted by Gasteiger charge is 2.29. The number of Topliss-reactive ketones (excluding diaryl/α,β-unsaturated/α-hetero) is 1. The quantitative estimate of drug-likeness (QED) is 0.437. The number of carbonyl (C=O) groups excluding carboxylic acids is 1. The summed E-state index contributed by atoms with van der Waals surface area (Å²) in [5, 5.41) is 1.13. The van der Waals surface area contributed by atoms with E-state index in [1.807, 2.05) is 30.3 Å². The highest BCUT2D eigenvalue weighted by Crippen LogP contribution is 2.36. The first-order valence-electron chi connectivity index (χ1n) is 10.8. The van der Waals surface area contributed by atoms with Crippen LogP contribution in [0.5, 0.6) is 0 Å². The van der Waals surface area contributed by atoms with Crippen LogP contribution in [-0.2, 0) is 16.1 Å². The van der Waals surface area contributed by atoms with Crippen molar-refractivity contribution < 1.29 is 9.53 Å². The van der Waals surface area contributed by atoms with Gasteiger partial charge in [-0.3, -0.25) is 4.79 Å². The van der Waals surface area contributed by atoms with Crippen LogP contribution in [0.15, 0.2) is 96.1 Å². The highest BCUT2D eigenvalue weighted by atomic mass is 16.5. The monoisotopic (exact) mass is 407 g/mol. The van der Waals surface area contributed by atoms with Gasteiger partial charge >= 0.3 is 0 Å². The number of rotatable bonds is 7. The van der Waals surface area contributed by atoms with Crippen molar-refractivity contribution in [2.24, 2.45) is 5.92 Å². The summed E-state index contributed by atoms with van der Waals surface area (Å²) in [6, 6.07) is 20.7. The van der Waals surface area contributed by atoms with E-state index in [9.17, 15) is 4.79 Å². The fourth-order valence-corrected chi connectivity index (χ4v) is 4.17. The zero-order chi connectivity index (χ0) is 21.2. The maximum absolute atomic E-state index is 11.4. The van der Waals surface area contributed by atoms with Crippen molar-refractivity contribution in [3.8, 4) is 11.3 Å². The Morgan fingerprint density at radius 2 is 1.90 bits per heavy atom. The van der Waals surface area contributed by atoms with Crippen LogP contribution in [0.25, 0.3) is 22.2 Å². The molecule has 2 aliphatic rings. The lowest BCUT2D eigenvalue weighted by atomic mass is 9.99. The third-order valence-electron chi connectivity index (χ3n) is 5.98. The number of para-hydroxylation sites is 1. The summed E-state index contributed by atoms with van der Waals surface area (Å²) >= 11 is 0. The van der Waals surface area contributed by atoms with E-state index in [2.05, 4.69) is 54.6 Å². The van der Waals surface area contributed by atoms with Gasteiger partial charge in [-0.25, -0.2) is 4.98 Å². The van der Waals surface area contributed by atoms with Crippen LogP contribution < -0.4 is 0 Å². The lowest BCUT2D eigenvalue weighted by Gasteiger charge is -2.18. The maximum Gasteiger partial charge on any atom is 0.140 e. The summed E-state index contributed by atoms with van der Waals surface area (Å²) < 4.78 is 6.27. The summed E-state index contributed by atoms with van der Waals surface area (Å²) in [6.07, 6.45) is 10.4. The molecule has 2 atom stereocenters. The van der Waals surface area contributed by atoms with Gasteiger partial charge in [0.25, 0.3) is 0 Å². The summed E-state index contributed by atoms with van der Waals surface area (Å²) in [5.41, 5.74) is 6.74. The molecular formula is C28H25NO2. The minimum atomic E-state index is 0.0626. The fraction of sp³-hybridized carbons (Fsp3) is 0.214. The molecule has 0 saturated carbocycles. The molecule has 0 fully saturated rings. The number of ketones is 1. The number of hydrogen-bond donors (Lipinski definition) is 0. The standard InChI is InChI=1S/C28H25NO2/c1-19(30)26-16-22(26)15-20-11-13-24(14-12-20)31-18-23-17-28(21-7-3-2-4-8-21)29-27-10-6-5-9-25(23)27/h2-13,16-17,24,26H,14-15,18H2,1H3/t24?,26-/m1/s1. The van der Waals surface area contributed by atoms with Gasteiger partial charge in [-0.1, -0.05) is 78.4 Å². The molecule has 1 heterocycles. The van der Waals surface area contributed by atoms with Crippen molar-refractivity contribution in [2.75, 3.05) is 0 Å². The second-order valence-corrected chi connectivity index (χ2v) is 8.28. The Balaban J connectivity index is 1.28. The molecule has 3 nitrogen and oxygen atoms in total. The third kappa shape index (κ3) is 4.42. The maximum atomic E-state index is 11.4. The Bertz CT molecular complexity index is 1220. The highest BCUT2D eigenvalue weighted by molar-refractivity contribution is 5.88. The molecule has 0 N–H and O–H groups in total. The molecule has 2 aromatic carbocycles. The SMILES string of the molecule is CC(=O)[C@H]1C=C1CC1=CCC(OCc2cc(-c3ccccc3)nc3ccccc23)C=C1. The van der Waals surface area contributed by atoms with E-state index in [4.69, 9.17) is 9.72 Å². The zero-order valence-electron chi connectivity index (χ0n) is 17.6. The Labute approximate surface area is 182 Å². The van der Waals surface area contributed by atoms with E-state index in [1.165, 1.54) is 11.1 Å². The average molecular weight is 408 g/mol. The van der Waals surface area contributed by atoms with Crippen LogP contribution in [-0.4, -0.2) is 16.9 Å². The van der Waals surface area contributed by atoms with Crippen LogP contribution >= 0.6 is 0 Å². The van der Waals surface area contributed by atoms with Crippen molar-refractivity contribution in [2.45, 2.75) is 32.5 Å². The molecule has 0 spiro atoms. The Morgan fingerprint density at radius 3 is 2.65 bits per heavy atom. The van der Waals surface area contributed by atoms with E-state index in [1.54, 1.807) is 6.92 Å². The number of allylic oxidation sites excluding steroid dienone is 4. The number of aromatic nitrogens is 1. The van der Waals surface area contributed by atoms with Gasteiger partial charge in [0.05, 0.1) is 29.8 Å². The van der Waals surface area contributed by atoms with Gasteiger partial charge < -0.3 is 4.74 Å². The predicted molar refractivity (Wildman–Crippen MR) is 124 cm³/mol. The van der Waals surface area contributed by atoms with Gasteiger partial charge in [0.1, 0.15) is 5.78 Å². The molecule has 3 aromatic rings. The van der Waals surface area contributed by atoms with Crippen LogP contribution in [0.4, 0.5) is 0 Å². The van der Waals surface area contributed by atoms with E-state index in [-0.39, 0.29) is 17.8 Å². The Kier molecular flexibility index (Phi) is 5.35. The molecule has 3 heteroatoms. The van der Waals surface area contributed by atoms with E-state index in [0.29, 0.717) is 6.61 Å². The number of fused-ring (bicyclic) bond motifs is 1. The number of carbonyl (C=O) groups is 1. The minimum Gasteiger partial charge on any atom is -0.369 e. The lowest BCUT2D eigenvalue weighted by molar-refractivity contribution is -0.117. The molecule has 31 heavy (non-hydrogen) atoms. The number of benzene rings is 2. The van der Waals surface area contributed by atoms with Crippen LogP contribution in [0, 0.1) is 5.92 Å².